The molecule has 1 saturated carbocycles. The van der Waals surface area contributed by atoms with E-state index in [9.17, 15) is 5.11 Å². The summed E-state index contributed by atoms with van der Waals surface area (Å²) in [7, 11) is 0. The van der Waals surface area contributed by atoms with E-state index in [2.05, 4.69) is 12.2 Å². The molecule has 0 amide bonds. The fraction of sp³-hybridized carbons (Fsp3) is 0.500. The Bertz CT molecular complexity index is 378. The van der Waals surface area contributed by atoms with Gasteiger partial charge in [-0.15, -0.1) is 0 Å². The minimum atomic E-state index is 0.361. The number of benzene rings is 1. The molecule has 0 aliphatic heterocycles. The molecule has 2 rings (SSSR count). The Balaban J connectivity index is 2.06. The van der Waals surface area contributed by atoms with Gasteiger partial charge in [0.1, 0.15) is 5.75 Å². The Morgan fingerprint density at radius 2 is 2.20 bits per heavy atom. The molecule has 0 aromatic heterocycles. The third-order valence-corrected chi connectivity index (χ3v) is 3.23. The zero-order chi connectivity index (χ0) is 11.0. The fourth-order valence-electron chi connectivity index (χ4n) is 1.79. The molecule has 2 unspecified atom stereocenters. The molecule has 3 heteroatoms. The van der Waals surface area contributed by atoms with E-state index < -0.39 is 0 Å². The minimum absolute atomic E-state index is 0.361. The van der Waals surface area contributed by atoms with Crippen LogP contribution >= 0.6 is 11.6 Å². The van der Waals surface area contributed by atoms with Gasteiger partial charge in [0, 0.05) is 23.2 Å². The second kappa shape index (κ2) is 4.03. The number of hydrogen-bond donors (Lipinski definition) is 2. The lowest BCUT2D eigenvalue weighted by Gasteiger charge is -2.09. The van der Waals surface area contributed by atoms with Gasteiger partial charge in [-0.25, -0.2) is 0 Å². The van der Waals surface area contributed by atoms with Gasteiger partial charge in [-0.1, -0.05) is 18.5 Å². The first kappa shape index (κ1) is 10.8. The highest BCUT2D eigenvalue weighted by molar-refractivity contribution is 6.30. The van der Waals surface area contributed by atoms with Crippen LogP contribution in [0.2, 0.25) is 5.02 Å². The molecule has 1 aliphatic carbocycles. The summed E-state index contributed by atoms with van der Waals surface area (Å²) in [5, 5.41) is 13.9. The number of phenols is 1. The molecule has 1 fully saturated rings. The summed E-state index contributed by atoms with van der Waals surface area (Å²) in [6.07, 6.45) is 1.24. The van der Waals surface area contributed by atoms with E-state index in [1.165, 1.54) is 6.42 Å². The van der Waals surface area contributed by atoms with Gasteiger partial charge in [-0.3, -0.25) is 0 Å². The molecule has 0 heterocycles. The average Bonchev–Trinajstić information content (AvgIpc) is 2.86. The normalized spacial score (nSPS) is 24.2. The third kappa shape index (κ3) is 2.44. The molecular formula is C12H16ClNO. The van der Waals surface area contributed by atoms with Gasteiger partial charge in [0.25, 0.3) is 0 Å². The molecule has 1 aromatic rings. The zero-order valence-corrected chi connectivity index (χ0v) is 9.80. The van der Waals surface area contributed by atoms with Crippen molar-refractivity contribution in [3.8, 4) is 5.75 Å². The van der Waals surface area contributed by atoms with Gasteiger partial charge < -0.3 is 10.4 Å². The summed E-state index contributed by atoms with van der Waals surface area (Å²) in [4.78, 5) is 0. The lowest BCUT2D eigenvalue weighted by Crippen LogP contribution is -2.17. The Morgan fingerprint density at radius 1 is 1.53 bits per heavy atom. The van der Waals surface area contributed by atoms with Crippen molar-refractivity contribution >= 4 is 11.6 Å². The van der Waals surface area contributed by atoms with Crippen LogP contribution in [0.5, 0.6) is 5.75 Å². The number of aryl methyl sites for hydroxylation is 1. The lowest BCUT2D eigenvalue weighted by atomic mass is 10.1. The van der Waals surface area contributed by atoms with Crippen LogP contribution in [0.1, 0.15) is 24.5 Å². The highest BCUT2D eigenvalue weighted by Gasteiger charge is 2.31. The van der Waals surface area contributed by atoms with Crippen molar-refractivity contribution < 1.29 is 5.11 Å². The summed E-state index contributed by atoms with van der Waals surface area (Å²) in [6, 6.07) is 4.22. The van der Waals surface area contributed by atoms with Gasteiger partial charge in [0.2, 0.25) is 0 Å². The van der Waals surface area contributed by atoms with E-state index in [0.717, 1.165) is 17.0 Å². The molecule has 0 spiro atoms. The Labute approximate surface area is 95.3 Å². The molecule has 2 atom stereocenters. The maximum Gasteiger partial charge on any atom is 0.123 e. The molecule has 2 nitrogen and oxygen atoms in total. The number of aromatic hydroxyl groups is 1. The van der Waals surface area contributed by atoms with Crippen molar-refractivity contribution in [2.24, 2.45) is 5.92 Å². The van der Waals surface area contributed by atoms with Gasteiger partial charge in [-0.05, 0) is 37.0 Å². The maximum atomic E-state index is 9.82. The van der Waals surface area contributed by atoms with Crippen LogP contribution in [-0.4, -0.2) is 11.1 Å². The summed E-state index contributed by atoms with van der Waals surface area (Å²) < 4.78 is 0. The Morgan fingerprint density at radius 3 is 2.80 bits per heavy atom. The second-order valence-electron chi connectivity index (χ2n) is 4.43. The quantitative estimate of drug-likeness (QED) is 0.829. The number of hydrogen-bond acceptors (Lipinski definition) is 2. The Hall–Kier alpha value is -0.730. The molecule has 0 saturated heterocycles. The van der Waals surface area contributed by atoms with Crippen molar-refractivity contribution in [2.75, 3.05) is 0 Å². The Kier molecular flexibility index (Phi) is 2.89. The number of rotatable bonds is 3. The summed E-state index contributed by atoms with van der Waals surface area (Å²) in [5.41, 5.74) is 1.72. The van der Waals surface area contributed by atoms with Gasteiger partial charge in [0.05, 0.1) is 0 Å². The third-order valence-electron chi connectivity index (χ3n) is 3.01. The SMILES string of the molecule is Cc1cc(Cl)cc(CNC2CC2C)c1O. The van der Waals surface area contributed by atoms with Crippen LogP contribution in [0.3, 0.4) is 0 Å². The van der Waals surface area contributed by atoms with Crippen molar-refractivity contribution in [1.82, 2.24) is 5.32 Å². The van der Waals surface area contributed by atoms with Crippen LogP contribution in [0.25, 0.3) is 0 Å². The second-order valence-corrected chi connectivity index (χ2v) is 4.87. The number of phenolic OH excluding ortho intramolecular Hbond substituents is 1. The zero-order valence-electron chi connectivity index (χ0n) is 9.05. The molecule has 15 heavy (non-hydrogen) atoms. The van der Waals surface area contributed by atoms with E-state index in [-0.39, 0.29) is 0 Å². The summed E-state index contributed by atoms with van der Waals surface area (Å²) in [5.74, 6) is 1.13. The molecule has 1 aromatic carbocycles. The first-order valence-electron chi connectivity index (χ1n) is 5.29. The van der Waals surface area contributed by atoms with Gasteiger partial charge in [0.15, 0.2) is 0 Å². The molecule has 2 N–H and O–H groups in total. The first-order chi connectivity index (χ1) is 7.08. The highest BCUT2D eigenvalue weighted by atomic mass is 35.5. The van der Waals surface area contributed by atoms with Crippen LogP contribution in [0, 0.1) is 12.8 Å². The summed E-state index contributed by atoms with van der Waals surface area (Å²) >= 11 is 5.94. The van der Waals surface area contributed by atoms with Crippen LogP contribution in [-0.2, 0) is 6.54 Å². The summed E-state index contributed by atoms with van der Waals surface area (Å²) in [6.45, 7) is 4.79. The van der Waals surface area contributed by atoms with Crippen molar-refractivity contribution in [2.45, 2.75) is 32.9 Å². The first-order valence-corrected chi connectivity index (χ1v) is 5.67. The monoisotopic (exact) mass is 225 g/mol. The average molecular weight is 226 g/mol. The molecule has 0 bridgehead atoms. The van der Waals surface area contributed by atoms with Gasteiger partial charge >= 0.3 is 0 Å². The smallest absolute Gasteiger partial charge is 0.123 e. The van der Waals surface area contributed by atoms with Crippen molar-refractivity contribution in [3.63, 3.8) is 0 Å². The molecule has 82 valence electrons. The van der Waals surface area contributed by atoms with Crippen LogP contribution in [0.4, 0.5) is 0 Å². The topological polar surface area (TPSA) is 32.3 Å². The standard InChI is InChI=1S/C12H16ClNO/c1-7-4-11(7)14-6-9-5-10(13)3-8(2)12(9)15/h3,5,7,11,14-15H,4,6H2,1-2H3. The highest BCUT2D eigenvalue weighted by Crippen LogP contribution is 2.31. The fourth-order valence-corrected chi connectivity index (χ4v) is 2.08. The minimum Gasteiger partial charge on any atom is -0.507 e. The van der Waals surface area contributed by atoms with Crippen molar-refractivity contribution in [1.29, 1.82) is 0 Å². The maximum absolute atomic E-state index is 9.82. The largest absolute Gasteiger partial charge is 0.507 e. The number of halogens is 1. The molecule has 1 aliphatic rings. The predicted molar refractivity (Wildman–Crippen MR) is 62.3 cm³/mol. The number of nitrogens with one attached hydrogen (secondary N) is 1. The molecule has 0 radical (unpaired) electrons. The van der Waals surface area contributed by atoms with E-state index in [1.54, 1.807) is 6.07 Å². The predicted octanol–water partition coefficient (Wildman–Crippen LogP) is 2.85. The van der Waals surface area contributed by atoms with Crippen LogP contribution in [0.15, 0.2) is 12.1 Å². The van der Waals surface area contributed by atoms with E-state index >= 15 is 0 Å². The van der Waals surface area contributed by atoms with Crippen LogP contribution < -0.4 is 5.32 Å². The van der Waals surface area contributed by atoms with E-state index in [0.29, 0.717) is 23.4 Å². The van der Waals surface area contributed by atoms with E-state index in [1.807, 2.05) is 13.0 Å². The van der Waals surface area contributed by atoms with Gasteiger partial charge in [-0.2, -0.15) is 0 Å². The van der Waals surface area contributed by atoms with E-state index in [4.69, 9.17) is 11.6 Å². The lowest BCUT2D eigenvalue weighted by molar-refractivity contribution is 0.459. The van der Waals surface area contributed by atoms with Crippen molar-refractivity contribution in [3.05, 3.63) is 28.3 Å². The molecular weight excluding hydrogens is 210 g/mol.